The van der Waals surface area contributed by atoms with Crippen molar-refractivity contribution in [1.29, 1.82) is 0 Å². The Kier molecular flexibility index (Phi) is 3.64. The van der Waals surface area contributed by atoms with Crippen molar-refractivity contribution in [3.8, 4) is 0 Å². The summed E-state index contributed by atoms with van der Waals surface area (Å²) in [6.45, 7) is 2.42. The molecule has 0 aliphatic carbocycles. The Bertz CT molecular complexity index is 430. The minimum absolute atomic E-state index is 0.0254. The molecule has 0 saturated carbocycles. The number of carboxylic acid groups (broad SMARTS) is 1. The summed E-state index contributed by atoms with van der Waals surface area (Å²) in [5.41, 5.74) is 0. The lowest BCUT2D eigenvalue weighted by Crippen LogP contribution is -2.40. The summed E-state index contributed by atoms with van der Waals surface area (Å²) in [5, 5.41) is 12.9. The second kappa shape index (κ2) is 5.20. The van der Waals surface area contributed by atoms with Crippen LogP contribution in [-0.2, 0) is 9.59 Å². The number of carboxylic acids is 1. The SMILES string of the molecule is CC(C(=O)N1CCCC1CC(=O)O)n1cccn1. The molecule has 0 bridgehead atoms. The van der Waals surface area contributed by atoms with E-state index in [4.69, 9.17) is 5.11 Å². The van der Waals surface area contributed by atoms with Gasteiger partial charge in [0.15, 0.2) is 0 Å². The third kappa shape index (κ3) is 2.52. The maximum atomic E-state index is 12.3. The number of hydrogen-bond donors (Lipinski definition) is 1. The number of carbonyl (C=O) groups is 2. The number of amides is 1. The van der Waals surface area contributed by atoms with Crippen molar-refractivity contribution in [2.24, 2.45) is 0 Å². The van der Waals surface area contributed by atoms with Crippen molar-refractivity contribution in [3.05, 3.63) is 18.5 Å². The van der Waals surface area contributed by atoms with E-state index in [1.165, 1.54) is 0 Å². The van der Waals surface area contributed by atoms with Crippen LogP contribution < -0.4 is 0 Å². The fourth-order valence-electron chi connectivity index (χ4n) is 2.40. The fraction of sp³-hybridized carbons (Fsp3) is 0.583. The van der Waals surface area contributed by atoms with Crippen molar-refractivity contribution in [3.63, 3.8) is 0 Å². The molecule has 0 radical (unpaired) electrons. The first kappa shape index (κ1) is 12.6. The van der Waals surface area contributed by atoms with Crippen molar-refractivity contribution >= 4 is 11.9 Å². The zero-order chi connectivity index (χ0) is 13.1. The van der Waals surface area contributed by atoms with E-state index in [0.29, 0.717) is 6.54 Å². The third-order valence-corrected chi connectivity index (χ3v) is 3.35. The molecule has 6 nitrogen and oxygen atoms in total. The smallest absolute Gasteiger partial charge is 0.305 e. The number of aromatic nitrogens is 2. The Morgan fingerprint density at radius 2 is 2.33 bits per heavy atom. The number of hydrogen-bond acceptors (Lipinski definition) is 3. The van der Waals surface area contributed by atoms with Crippen LogP contribution in [0.1, 0.15) is 32.2 Å². The van der Waals surface area contributed by atoms with Gasteiger partial charge in [0.25, 0.3) is 0 Å². The standard InChI is InChI=1S/C12H17N3O3/c1-9(15-7-3-5-13-15)12(18)14-6-2-4-10(14)8-11(16)17/h3,5,7,9-10H,2,4,6,8H2,1H3,(H,16,17). The topological polar surface area (TPSA) is 75.4 Å². The molecule has 1 fully saturated rings. The van der Waals surface area contributed by atoms with Gasteiger partial charge in [0.2, 0.25) is 5.91 Å². The highest BCUT2D eigenvalue weighted by molar-refractivity contribution is 5.81. The Balaban J connectivity index is 2.06. The lowest BCUT2D eigenvalue weighted by Gasteiger charge is -2.26. The van der Waals surface area contributed by atoms with E-state index in [1.807, 2.05) is 0 Å². The molecule has 2 rings (SSSR count). The van der Waals surface area contributed by atoms with Gasteiger partial charge < -0.3 is 10.0 Å². The molecule has 1 amide bonds. The summed E-state index contributed by atoms with van der Waals surface area (Å²) in [6, 6.07) is 1.21. The van der Waals surface area contributed by atoms with Gasteiger partial charge in [-0.05, 0) is 25.8 Å². The van der Waals surface area contributed by atoms with Gasteiger partial charge in [0.1, 0.15) is 6.04 Å². The van der Waals surface area contributed by atoms with E-state index in [1.54, 1.807) is 35.0 Å². The minimum atomic E-state index is -0.855. The van der Waals surface area contributed by atoms with Crippen LogP contribution in [0, 0.1) is 0 Å². The van der Waals surface area contributed by atoms with E-state index in [0.717, 1.165) is 12.8 Å². The van der Waals surface area contributed by atoms with Gasteiger partial charge in [-0.25, -0.2) is 0 Å². The molecular weight excluding hydrogens is 234 g/mol. The van der Waals surface area contributed by atoms with Crippen molar-refractivity contribution < 1.29 is 14.7 Å². The molecule has 0 aromatic carbocycles. The highest BCUT2D eigenvalue weighted by Gasteiger charge is 2.33. The average Bonchev–Trinajstić information content (AvgIpc) is 2.96. The number of carbonyl (C=O) groups excluding carboxylic acids is 1. The van der Waals surface area contributed by atoms with E-state index in [-0.39, 0.29) is 24.4 Å². The summed E-state index contributed by atoms with van der Waals surface area (Å²) >= 11 is 0. The molecule has 18 heavy (non-hydrogen) atoms. The maximum Gasteiger partial charge on any atom is 0.305 e. The largest absolute Gasteiger partial charge is 0.481 e. The summed E-state index contributed by atoms with van der Waals surface area (Å²) < 4.78 is 1.60. The molecule has 0 spiro atoms. The van der Waals surface area contributed by atoms with Crippen molar-refractivity contribution in [2.45, 2.75) is 38.3 Å². The fourth-order valence-corrected chi connectivity index (χ4v) is 2.40. The van der Waals surface area contributed by atoms with Crippen molar-refractivity contribution in [1.82, 2.24) is 14.7 Å². The van der Waals surface area contributed by atoms with Gasteiger partial charge in [-0.3, -0.25) is 14.3 Å². The normalized spacial score (nSPS) is 20.9. The van der Waals surface area contributed by atoms with Gasteiger partial charge in [-0.2, -0.15) is 5.10 Å². The summed E-state index contributed by atoms with van der Waals surface area (Å²) in [5.74, 6) is -0.908. The first-order valence-electron chi connectivity index (χ1n) is 6.11. The van der Waals surface area contributed by atoms with Crippen LogP contribution in [0.2, 0.25) is 0 Å². The Hall–Kier alpha value is -1.85. The molecule has 2 atom stereocenters. The van der Waals surface area contributed by atoms with Gasteiger partial charge in [-0.15, -0.1) is 0 Å². The van der Waals surface area contributed by atoms with Gasteiger partial charge in [0, 0.05) is 25.0 Å². The van der Waals surface area contributed by atoms with E-state index in [9.17, 15) is 9.59 Å². The van der Waals surface area contributed by atoms with Crippen LogP contribution in [0.3, 0.4) is 0 Å². The molecule has 1 saturated heterocycles. The molecule has 2 unspecified atom stereocenters. The first-order valence-corrected chi connectivity index (χ1v) is 6.11. The second-order valence-corrected chi connectivity index (χ2v) is 4.59. The Labute approximate surface area is 105 Å². The summed E-state index contributed by atoms with van der Waals surface area (Å²) in [6.07, 6.45) is 5.03. The predicted molar refractivity (Wildman–Crippen MR) is 63.9 cm³/mol. The van der Waals surface area contributed by atoms with Gasteiger partial charge in [-0.1, -0.05) is 0 Å². The second-order valence-electron chi connectivity index (χ2n) is 4.59. The average molecular weight is 251 g/mol. The van der Waals surface area contributed by atoms with Crippen LogP contribution in [0.25, 0.3) is 0 Å². The lowest BCUT2D eigenvalue weighted by molar-refractivity contribution is -0.140. The molecule has 6 heteroatoms. The van der Waals surface area contributed by atoms with Crippen LogP contribution in [0.15, 0.2) is 18.5 Å². The third-order valence-electron chi connectivity index (χ3n) is 3.35. The number of aliphatic carboxylic acids is 1. The van der Waals surface area contributed by atoms with Gasteiger partial charge >= 0.3 is 5.97 Å². The van der Waals surface area contributed by atoms with E-state index >= 15 is 0 Å². The Morgan fingerprint density at radius 1 is 1.56 bits per heavy atom. The maximum absolute atomic E-state index is 12.3. The number of rotatable bonds is 4. The highest BCUT2D eigenvalue weighted by atomic mass is 16.4. The predicted octanol–water partition coefficient (Wildman–Crippen LogP) is 0.910. The molecule has 2 heterocycles. The van der Waals surface area contributed by atoms with Crippen molar-refractivity contribution in [2.75, 3.05) is 6.54 Å². The number of likely N-dealkylation sites (tertiary alicyclic amines) is 1. The highest BCUT2D eigenvalue weighted by Crippen LogP contribution is 2.23. The zero-order valence-electron chi connectivity index (χ0n) is 10.3. The molecule has 98 valence electrons. The lowest BCUT2D eigenvalue weighted by atomic mass is 10.1. The summed E-state index contributed by atoms with van der Waals surface area (Å²) in [7, 11) is 0. The molecular formula is C12H17N3O3. The molecule has 1 aliphatic rings. The van der Waals surface area contributed by atoms with E-state index in [2.05, 4.69) is 5.10 Å². The van der Waals surface area contributed by atoms with Crippen LogP contribution in [0.4, 0.5) is 0 Å². The van der Waals surface area contributed by atoms with E-state index < -0.39 is 5.97 Å². The molecule has 1 aliphatic heterocycles. The molecule has 1 aromatic rings. The zero-order valence-corrected chi connectivity index (χ0v) is 10.3. The monoisotopic (exact) mass is 251 g/mol. The van der Waals surface area contributed by atoms with Crippen LogP contribution >= 0.6 is 0 Å². The van der Waals surface area contributed by atoms with Crippen LogP contribution in [-0.4, -0.2) is 44.3 Å². The quantitative estimate of drug-likeness (QED) is 0.863. The Morgan fingerprint density at radius 3 is 2.94 bits per heavy atom. The first-order chi connectivity index (χ1) is 8.59. The molecule has 1 N–H and O–H groups in total. The molecule has 1 aromatic heterocycles. The van der Waals surface area contributed by atoms with Gasteiger partial charge in [0.05, 0.1) is 6.42 Å². The summed E-state index contributed by atoms with van der Waals surface area (Å²) in [4.78, 5) is 24.8. The number of nitrogens with zero attached hydrogens (tertiary/aromatic N) is 3. The van der Waals surface area contributed by atoms with Crippen LogP contribution in [0.5, 0.6) is 0 Å². The minimum Gasteiger partial charge on any atom is -0.481 e.